The number of carbonyl (C=O) groups excluding carboxylic acids is 1. The van der Waals surface area contributed by atoms with Gasteiger partial charge in [-0.2, -0.15) is 0 Å². The molecular weight excluding hydrogens is 404 g/mol. The molecule has 1 atom stereocenters. The summed E-state index contributed by atoms with van der Waals surface area (Å²) in [4.78, 5) is 15.2. The molecule has 4 rings (SSSR count). The van der Waals surface area contributed by atoms with Crippen LogP contribution < -0.4 is 10.1 Å². The largest absolute Gasteiger partial charge is 0.457 e. The number of benzene rings is 3. The number of rotatable bonds is 5. The van der Waals surface area contributed by atoms with Gasteiger partial charge in [-0.1, -0.05) is 60.2 Å². The van der Waals surface area contributed by atoms with Crippen LogP contribution in [0.4, 0.5) is 0 Å². The number of ketones is 1. The van der Waals surface area contributed by atoms with Crippen molar-refractivity contribution in [2.45, 2.75) is 19.9 Å². The maximum Gasteiger partial charge on any atom is 0.193 e. The Morgan fingerprint density at radius 3 is 2.10 bits per heavy atom. The SMILES string of the molecule is CC1=C(C(=O)c2ccccc2)C(c2ccc(Oc3ccc(C)cc3)cc2)NC(=S)N1C. The van der Waals surface area contributed by atoms with Crippen LogP contribution in [0, 0.1) is 6.92 Å². The topological polar surface area (TPSA) is 41.6 Å². The van der Waals surface area contributed by atoms with Gasteiger partial charge in [0.05, 0.1) is 6.04 Å². The van der Waals surface area contributed by atoms with Crippen molar-refractivity contribution >= 4 is 23.1 Å². The van der Waals surface area contributed by atoms with Crippen LogP contribution in [0.5, 0.6) is 11.5 Å². The second kappa shape index (κ2) is 8.74. The Bertz CT molecular complexity index is 1140. The zero-order valence-corrected chi connectivity index (χ0v) is 18.6. The van der Waals surface area contributed by atoms with Gasteiger partial charge in [-0.05, 0) is 55.9 Å². The molecule has 4 nitrogen and oxygen atoms in total. The predicted molar refractivity (Wildman–Crippen MR) is 127 cm³/mol. The molecule has 1 heterocycles. The smallest absolute Gasteiger partial charge is 0.193 e. The Labute approximate surface area is 188 Å². The normalized spacial score (nSPS) is 16.2. The number of thiocarbonyl (C=S) groups is 1. The highest BCUT2D eigenvalue weighted by Crippen LogP contribution is 2.33. The number of hydrogen-bond donors (Lipinski definition) is 1. The molecule has 1 aliphatic heterocycles. The summed E-state index contributed by atoms with van der Waals surface area (Å²) in [6, 6.07) is 24.7. The van der Waals surface area contributed by atoms with E-state index < -0.39 is 0 Å². The lowest BCUT2D eigenvalue weighted by Gasteiger charge is -2.36. The zero-order valence-electron chi connectivity index (χ0n) is 17.8. The number of ether oxygens (including phenoxy) is 1. The minimum Gasteiger partial charge on any atom is -0.457 e. The molecule has 0 saturated heterocycles. The maximum atomic E-state index is 13.4. The van der Waals surface area contributed by atoms with Gasteiger partial charge < -0.3 is 15.0 Å². The van der Waals surface area contributed by atoms with Gasteiger partial charge in [0.2, 0.25) is 0 Å². The second-order valence-electron chi connectivity index (χ2n) is 7.62. The van der Waals surface area contributed by atoms with Crippen molar-refractivity contribution < 1.29 is 9.53 Å². The summed E-state index contributed by atoms with van der Waals surface area (Å²) in [6.07, 6.45) is 0. The van der Waals surface area contributed by atoms with E-state index in [2.05, 4.69) is 5.32 Å². The molecule has 31 heavy (non-hydrogen) atoms. The highest BCUT2D eigenvalue weighted by atomic mass is 32.1. The van der Waals surface area contributed by atoms with E-state index in [9.17, 15) is 4.79 Å². The lowest BCUT2D eigenvalue weighted by Crippen LogP contribution is -2.45. The Balaban J connectivity index is 1.65. The molecule has 0 fully saturated rings. The summed E-state index contributed by atoms with van der Waals surface area (Å²) < 4.78 is 5.95. The van der Waals surface area contributed by atoms with Crippen molar-refractivity contribution in [3.8, 4) is 11.5 Å². The Kier molecular flexibility index (Phi) is 5.87. The molecule has 3 aromatic carbocycles. The predicted octanol–water partition coefficient (Wildman–Crippen LogP) is 5.81. The molecule has 0 radical (unpaired) electrons. The first kappa shape index (κ1) is 20.8. The van der Waals surface area contributed by atoms with Gasteiger partial charge in [0.15, 0.2) is 10.9 Å². The molecule has 5 heteroatoms. The summed E-state index contributed by atoms with van der Waals surface area (Å²) >= 11 is 5.51. The van der Waals surface area contributed by atoms with Gasteiger partial charge in [-0.25, -0.2) is 0 Å². The maximum absolute atomic E-state index is 13.4. The number of hydrogen-bond acceptors (Lipinski definition) is 3. The minimum absolute atomic E-state index is 0.00932. The molecule has 0 aliphatic carbocycles. The standard InChI is InChI=1S/C26H24N2O2S/c1-17-9-13-21(14-10-17)30-22-15-11-19(12-16-22)24-23(18(2)28(3)26(31)27-24)25(29)20-7-5-4-6-8-20/h4-16,24H,1-3H3,(H,27,31). The van der Waals surface area contributed by atoms with Gasteiger partial charge in [0.1, 0.15) is 11.5 Å². The van der Waals surface area contributed by atoms with E-state index in [1.165, 1.54) is 5.56 Å². The average molecular weight is 429 g/mol. The number of Topliss-reactive ketones (excluding diaryl/α,β-unsaturated/α-hetero) is 1. The molecule has 1 N–H and O–H groups in total. The first-order chi connectivity index (χ1) is 14.9. The van der Waals surface area contributed by atoms with Crippen LogP contribution in [0.3, 0.4) is 0 Å². The van der Waals surface area contributed by atoms with E-state index in [-0.39, 0.29) is 11.8 Å². The van der Waals surface area contributed by atoms with Crippen LogP contribution in [0.1, 0.15) is 34.5 Å². The fourth-order valence-electron chi connectivity index (χ4n) is 3.60. The van der Waals surface area contributed by atoms with Crippen LogP contribution in [0.15, 0.2) is 90.1 Å². The Morgan fingerprint density at radius 2 is 1.48 bits per heavy atom. The van der Waals surface area contributed by atoms with E-state index >= 15 is 0 Å². The molecular formula is C26H24N2O2S. The third-order valence-corrected chi connectivity index (χ3v) is 5.90. The lowest BCUT2D eigenvalue weighted by molar-refractivity contribution is 0.102. The third kappa shape index (κ3) is 4.37. The van der Waals surface area contributed by atoms with E-state index in [4.69, 9.17) is 17.0 Å². The highest BCUT2D eigenvalue weighted by Gasteiger charge is 2.32. The van der Waals surface area contributed by atoms with Gasteiger partial charge in [0.25, 0.3) is 0 Å². The molecule has 3 aromatic rings. The van der Waals surface area contributed by atoms with Crippen molar-refractivity contribution in [2.24, 2.45) is 0 Å². The van der Waals surface area contributed by atoms with Crippen LogP contribution in [0.2, 0.25) is 0 Å². The van der Waals surface area contributed by atoms with Crippen molar-refractivity contribution in [1.29, 1.82) is 0 Å². The van der Waals surface area contributed by atoms with Gasteiger partial charge in [-0.15, -0.1) is 0 Å². The first-order valence-corrected chi connectivity index (χ1v) is 10.5. The van der Waals surface area contributed by atoms with Crippen LogP contribution in [-0.4, -0.2) is 22.8 Å². The summed E-state index contributed by atoms with van der Waals surface area (Å²) in [6.45, 7) is 3.98. The molecule has 0 aromatic heterocycles. The van der Waals surface area contributed by atoms with E-state index in [1.54, 1.807) is 0 Å². The van der Waals surface area contributed by atoms with E-state index in [0.29, 0.717) is 16.2 Å². The monoisotopic (exact) mass is 428 g/mol. The van der Waals surface area contributed by atoms with Crippen molar-refractivity contribution in [3.05, 3.63) is 107 Å². The molecule has 0 bridgehead atoms. The molecule has 0 amide bonds. The average Bonchev–Trinajstić information content (AvgIpc) is 2.79. The lowest BCUT2D eigenvalue weighted by atomic mass is 9.89. The van der Waals surface area contributed by atoms with Crippen molar-refractivity contribution in [2.75, 3.05) is 7.05 Å². The molecule has 156 valence electrons. The number of nitrogens with zero attached hydrogens (tertiary/aromatic N) is 1. The van der Waals surface area contributed by atoms with Crippen molar-refractivity contribution in [3.63, 3.8) is 0 Å². The third-order valence-electron chi connectivity index (χ3n) is 5.50. The van der Waals surface area contributed by atoms with Crippen LogP contribution in [-0.2, 0) is 0 Å². The zero-order chi connectivity index (χ0) is 22.0. The summed E-state index contributed by atoms with van der Waals surface area (Å²) in [5.41, 5.74) is 4.33. The van der Waals surface area contributed by atoms with Crippen LogP contribution >= 0.6 is 12.2 Å². The van der Waals surface area contributed by atoms with Gasteiger partial charge in [-0.3, -0.25) is 4.79 Å². The highest BCUT2D eigenvalue weighted by molar-refractivity contribution is 7.80. The fraction of sp³-hybridized carbons (Fsp3) is 0.154. The van der Waals surface area contributed by atoms with Crippen molar-refractivity contribution in [1.82, 2.24) is 10.2 Å². The molecule has 1 aliphatic rings. The second-order valence-corrected chi connectivity index (χ2v) is 8.01. The Morgan fingerprint density at radius 1 is 0.903 bits per heavy atom. The summed E-state index contributed by atoms with van der Waals surface area (Å²) in [7, 11) is 1.87. The first-order valence-electron chi connectivity index (χ1n) is 10.1. The summed E-state index contributed by atoms with van der Waals surface area (Å²) in [5.74, 6) is 1.51. The van der Waals surface area contributed by atoms with Gasteiger partial charge in [0, 0.05) is 23.9 Å². The minimum atomic E-state index is -0.329. The Hall–Kier alpha value is -3.44. The quantitative estimate of drug-likeness (QED) is 0.411. The van der Waals surface area contributed by atoms with Crippen LogP contribution in [0.25, 0.3) is 0 Å². The number of aryl methyl sites for hydroxylation is 1. The van der Waals surface area contributed by atoms with E-state index in [1.807, 2.05) is 105 Å². The molecule has 1 unspecified atom stereocenters. The number of nitrogens with one attached hydrogen (secondary N) is 1. The molecule has 0 saturated carbocycles. The summed E-state index contributed by atoms with van der Waals surface area (Å²) in [5, 5.41) is 3.92. The van der Waals surface area contributed by atoms with E-state index in [0.717, 1.165) is 22.8 Å². The number of carbonyl (C=O) groups is 1. The molecule has 0 spiro atoms. The fourth-order valence-corrected chi connectivity index (χ4v) is 3.85. The number of allylic oxidation sites excluding steroid dienone is 1. The van der Waals surface area contributed by atoms with Gasteiger partial charge >= 0.3 is 0 Å².